The Balaban J connectivity index is 1.82. The summed E-state index contributed by atoms with van der Waals surface area (Å²) in [6.07, 6.45) is 3.81. The number of benzene rings is 2. The van der Waals surface area contributed by atoms with Gasteiger partial charge in [-0.3, -0.25) is 0 Å². The maximum absolute atomic E-state index is 3.89. The van der Waals surface area contributed by atoms with E-state index in [1.807, 2.05) is 0 Å². The molecule has 0 radical (unpaired) electrons. The van der Waals surface area contributed by atoms with Crippen LogP contribution in [-0.2, 0) is 5.54 Å². The summed E-state index contributed by atoms with van der Waals surface area (Å²) in [6, 6.07) is 20.1. The molecule has 1 saturated carbocycles. The number of rotatable bonds is 4. The molecule has 1 aliphatic carbocycles. The lowest BCUT2D eigenvalue weighted by Crippen LogP contribution is -2.48. The van der Waals surface area contributed by atoms with E-state index in [0.29, 0.717) is 6.04 Å². The number of nitrogens with one attached hydrogen (secondary N) is 1. The predicted molar refractivity (Wildman–Crippen MR) is 84.7 cm³/mol. The Morgan fingerprint density at radius 1 is 1.00 bits per heavy atom. The highest BCUT2D eigenvalue weighted by Gasteiger charge is 2.39. The first-order chi connectivity index (χ1) is 9.70. The van der Waals surface area contributed by atoms with Gasteiger partial charge in [0.15, 0.2) is 0 Å². The van der Waals surface area contributed by atoms with Crippen molar-refractivity contribution in [1.29, 1.82) is 0 Å². The Kier molecular flexibility index (Phi) is 3.62. The van der Waals surface area contributed by atoms with Gasteiger partial charge in [0.2, 0.25) is 0 Å². The van der Waals surface area contributed by atoms with E-state index in [-0.39, 0.29) is 5.54 Å². The van der Waals surface area contributed by atoms with Crippen LogP contribution >= 0.6 is 0 Å². The number of aryl methyl sites for hydroxylation is 1. The van der Waals surface area contributed by atoms with Gasteiger partial charge < -0.3 is 5.32 Å². The fourth-order valence-electron chi connectivity index (χ4n) is 3.24. The smallest absolute Gasteiger partial charge is 0.0439 e. The second kappa shape index (κ2) is 5.41. The third-order valence-corrected chi connectivity index (χ3v) is 4.57. The molecule has 1 atom stereocenters. The second-order valence-electron chi connectivity index (χ2n) is 6.08. The molecule has 0 saturated heterocycles. The van der Waals surface area contributed by atoms with Crippen molar-refractivity contribution in [1.82, 2.24) is 5.32 Å². The maximum Gasteiger partial charge on any atom is 0.0439 e. The first-order valence-electron chi connectivity index (χ1n) is 7.59. The monoisotopic (exact) mass is 265 g/mol. The van der Waals surface area contributed by atoms with E-state index < -0.39 is 0 Å². The standard InChI is InChI=1S/C19H23N/c1-15-8-6-9-17(14-15)16(2)20-19(12-7-13-19)18-10-4-3-5-11-18/h3-6,8-11,14,16,20H,7,12-13H2,1-2H3/t16-/m0/s1. The highest BCUT2D eigenvalue weighted by Crippen LogP contribution is 2.42. The first kappa shape index (κ1) is 13.4. The van der Waals surface area contributed by atoms with Crippen LogP contribution in [0.15, 0.2) is 54.6 Å². The molecule has 20 heavy (non-hydrogen) atoms. The lowest BCUT2D eigenvalue weighted by Gasteiger charge is -2.45. The largest absolute Gasteiger partial charge is 0.301 e. The average molecular weight is 265 g/mol. The van der Waals surface area contributed by atoms with Gasteiger partial charge in [-0.2, -0.15) is 0 Å². The molecular formula is C19H23N. The Hall–Kier alpha value is -1.60. The van der Waals surface area contributed by atoms with Gasteiger partial charge in [0.1, 0.15) is 0 Å². The van der Waals surface area contributed by atoms with Crippen LogP contribution in [0.2, 0.25) is 0 Å². The van der Waals surface area contributed by atoms with Crippen LogP contribution in [0.25, 0.3) is 0 Å². The van der Waals surface area contributed by atoms with Gasteiger partial charge in [0, 0.05) is 11.6 Å². The SMILES string of the molecule is Cc1cccc([C@H](C)NC2(c3ccccc3)CCC2)c1. The lowest BCUT2D eigenvalue weighted by molar-refractivity contribution is 0.167. The third-order valence-electron chi connectivity index (χ3n) is 4.57. The average Bonchev–Trinajstić information content (AvgIpc) is 2.43. The molecule has 0 aromatic heterocycles. The molecule has 1 fully saturated rings. The maximum atomic E-state index is 3.89. The van der Waals surface area contributed by atoms with Gasteiger partial charge >= 0.3 is 0 Å². The minimum Gasteiger partial charge on any atom is -0.301 e. The highest BCUT2D eigenvalue weighted by atomic mass is 15.0. The topological polar surface area (TPSA) is 12.0 Å². The molecule has 1 N–H and O–H groups in total. The van der Waals surface area contributed by atoms with Crippen molar-refractivity contribution >= 4 is 0 Å². The summed E-state index contributed by atoms with van der Waals surface area (Å²) < 4.78 is 0. The normalized spacial score (nSPS) is 18.3. The summed E-state index contributed by atoms with van der Waals surface area (Å²) in [4.78, 5) is 0. The predicted octanol–water partition coefficient (Wildman–Crippen LogP) is 4.73. The van der Waals surface area contributed by atoms with E-state index in [0.717, 1.165) is 0 Å². The summed E-state index contributed by atoms with van der Waals surface area (Å²) in [5.41, 5.74) is 4.33. The van der Waals surface area contributed by atoms with E-state index >= 15 is 0 Å². The molecule has 1 heteroatoms. The molecule has 0 aliphatic heterocycles. The molecule has 0 heterocycles. The second-order valence-corrected chi connectivity index (χ2v) is 6.08. The Morgan fingerprint density at radius 3 is 2.35 bits per heavy atom. The van der Waals surface area contributed by atoms with Gasteiger partial charge in [0.25, 0.3) is 0 Å². The van der Waals surface area contributed by atoms with E-state index in [9.17, 15) is 0 Å². The van der Waals surface area contributed by atoms with Crippen LogP contribution in [0.5, 0.6) is 0 Å². The fraction of sp³-hybridized carbons (Fsp3) is 0.368. The lowest BCUT2D eigenvalue weighted by atomic mass is 9.71. The van der Waals surface area contributed by atoms with Gasteiger partial charge in [-0.05, 0) is 44.2 Å². The fourth-order valence-corrected chi connectivity index (χ4v) is 3.24. The Bertz CT molecular complexity index is 569. The molecule has 3 rings (SSSR count). The molecule has 2 aromatic carbocycles. The Labute approximate surface area is 122 Å². The van der Waals surface area contributed by atoms with Crippen LogP contribution in [0.1, 0.15) is 48.9 Å². The summed E-state index contributed by atoms with van der Waals surface area (Å²) in [5, 5.41) is 3.89. The number of hydrogen-bond acceptors (Lipinski definition) is 1. The molecule has 1 aliphatic rings. The van der Waals surface area contributed by atoms with Crippen LogP contribution in [-0.4, -0.2) is 0 Å². The van der Waals surface area contributed by atoms with E-state index in [1.165, 1.54) is 36.0 Å². The molecule has 0 amide bonds. The molecule has 1 nitrogen and oxygen atoms in total. The third kappa shape index (κ3) is 2.51. The summed E-state index contributed by atoms with van der Waals surface area (Å²) in [7, 11) is 0. The molecule has 2 aromatic rings. The highest BCUT2D eigenvalue weighted by molar-refractivity contribution is 5.30. The van der Waals surface area contributed by atoms with Crippen LogP contribution in [0.3, 0.4) is 0 Å². The molecule has 0 spiro atoms. The van der Waals surface area contributed by atoms with Gasteiger partial charge in [-0.1, -0.05) is 60.2 Å². The summed E-state index contributed by atoms with van der Waals surface area (Å²) in [5.74, 6) is 0. The number of hydrogen-bond donors (Lipinski definition) is 1. The Morgan fingerprint density at radius 2 is 1.75 bits per heavy atom. The molecule has 0 bridgehead atoms. The van der Waals surface area contributed by atoms with Crippen molar-refractivity contribution in [3.05, 3.63) is 71.3 Å². The van der Waals surface area contributed by atoms with Crippen LogP contribution in [0.4, 0.5) is 0 Å². The minimum atomic E-state index is 0.185. The van der Waals surface area contributed by atoms with Crippen molar-refractivity contribution in [3.63, 3.8) is 0 Å². The van der Waals surface area contributed by atoms with E-state index in [4.69, 9.17) is 0 Å². The van der Waals surface area contributed by atoms with E-state index in [1.54, 1.807) is 0 Å². The zero-order valence-corrected chi connectivity index (χ0v) is 12.4. The first-order valence-corrected chi connectivity index (χ1v) is 7.59. The van der Waals surface area contributed by atoms with Crippen LogP contribution < -0.4 is 5.32 Å². The zero-order chi connectivity index (χ0) is 14.0. The molecule has 0 unspecified atom stereocenters. The minimum absolute atomic E-state index is 0.185. The van der Waals surface area contributed by atoms with Crippen molar-refractivity contribution < 1.29 is 0 Å². The van der Waals surface area contributed by atoms with E-state index in [2.05, 4.69) is 73.8 Å². The van der Waals surface area contributed by atoms with Crippen molar-refractivity contribution in [2.24, 2.45) is 0 Å². The van der Waals surface area contributed by atoms with Crippen LogP contribution in [0, 0.1) is 6.92 Å². The quantitative estimate of drug-likeness (QED) is 0.843. The van der Waals surface area contributed by atoms with Crippen molar-refractivity contribution in [2.45, 2.75) is 44.7 Å². The van der Waals surface area contributed by atoms with Gasteiger partial charge in [-0.15, -0.1) is 0 Å². The van der Waals surface area contributed by atoms with Crippen molar-refractivity contribution in [3.8, 4) is 0 Å². The molecular weight excluding hydrogens is 242 g/mol. The van der Waals surface area contributed by atoms with Gasteiger partial charge in [-0.25, -0.2) is 0 Å². The summed E-state index contributed by atoms with van der Waals surface area (Å²) >= 11 is 0. The summed E-state index contributed by atoms with van der Waals surface area (Å²) in [6.45, 7) is 4.43. The molecule has 104 valence electrons. The van der Waals surface area contributed by atoms with Crippen molar-refractivity contribution in [2.75, 3.05) is 0 Å². The zero-order valence-electron chi connectivity index (χ0n) is 12.4. The van der Waals surface area contributed by atoms with Gasteiger partial charge in [0.05, 0.1) is 0 Å².